The number of hydrogen-bond donors (Lipinski definition) is 1. The van der Waals surface area contributed by atoms with Crippen molar-refractivity contribution in [1.82, 2.24) is 0 Å². The van der Waals surface area contributed by atoms with Crippen molar-refractivity contribution < 1.29 is 27.3 Å². The second kappa shape index (κ2) is 14.5. The molecule has 0 saturated carbocycles. The van der Waals surface area contributed by atoms with Crippen molar-refractivity contribution in [2.75, 3.05) is 5.75 Å². The van der Waals surface area contributed by atoms with Crippen LogP contribution in [0.4, 0.5) is 0 Å². The van der Waals surface area contributed by atoms with Crippen LogP contribution in [-0.2, 0) is 21.9 Å². The Balaban J connectivity index is 0.000000385. The molecular formula is C23H31Cl2LiN2O2S3. The van der Waals surface area contributed by atoms with Crippen LogP contribution in [0.5, 0.6) is 0 Å². The predicted molar refractivity (Wildman–Crippen MR) is 142 cm³/mol. The van der Waals surface area contributed by atoms with Gasteiger partial charge in [-0.15, -0.1) is 22.7 Å². The molecular weight excluding hydrogens is 510 g/mol. The summed E-state index contributed by atoms with van der Waals surface area (Å²) < 4.78 is 23.4. The number of thiophene rings is 2. The molecule has 0 amide bonds. The van der Waals surface area contributed by atoms with E-state index in [9.17, 15) is 8.42 Å². The largest absolute Gasteiger partial charge is 1.00 e. The summed E-state index contributed by atoms with van der Waals surface area (Å²) in [6, 6.07) is 3.97. The Labute approximate surface area is 228 Å². The number of halogens is 2. The average Bonchev–Trinajstić information content (AvgIpc) is 3.35. The van der Waals surface area contributed by atoms with Gasteiger partial charge in [-0.05, 0) is 48.1 Å². The van der Waals surface area contributed by atoms with E-state index >= 15 is 0 Å². The standard InChI is InChI=1S/C15H19ClNO2S2.C8H12ClNS.Li/c1-2-3-6-12-7-4-5-9-15(12,11-21(17,18)19)14-13(16)8-10-20-14;1-2-6(10)5-8-7(9)3-4-11-8;/h4-5,7-10,12H,2-3,6,11H2,1H3,(H-,17,18,19);3-4,6H,2,5,10H2,1H3;/q-1;;+1/t12?,15-;6-;/m01./s1. The minimum atomic E-state index is -3.87. The van der Waals surface area contributed by atoms with Gasteiger partial charge in [0.25, 0.3) is 0 Å². The number of sulfonamides is 1. The van der Waals surface area contributed by atoms with E-state index in [1.54, 1.807) is 17.4 Å². The molecule has 0 aromatic carbocycles. The molecule has 0 spiro atoms. The molecule has 4 nitrogen and oxygen atoms in total. The van der Waals surface area contributed by atoms with Gasteiger partial charge in [0.1, 0.15) is 0 Å². The third-order valence-corrected chi connectivity index (χ3v) is 9.31. The first kappa shape index (κ1) is 31.0. The van der Waals surface area contributed by atoms with Crippen LogP contribution in [0.25, 0.3) is 5.14 Å². The normalized spacial score (nSPS) is 20.6. The Morgan fingerprint density at radius 3 is 2.33 bits per heavy atom. The van der Waals surface area contributed by atoms with Gasteiger partial charge in [-0.3, -0.25) is 0 Å². The van der Waals surface area contributed by atoms with Crippen molar-refractivity contribution in [3.63, 3.8) is 0 Å². The van der Waals surface area contributed by atoms with Crippen LogP contribution in [0.2, 0.25) is 10.0 Å². The van der Waals surface area contributed by atoms with Crippen molar-refractivity contribution in [2.24, 2.45) is 11.7 Å². The second-order valence-corrected chi connectivity index (χ2v) is 12.2. The van der Waals surface area contributed by atoms with E-state index in [0.717, 1.165) is 42.0 Å². The molecule has 1 aliphatic rings. The van der Waals surface area contributed by atoms with Crippen molar-refractivity contribution >= 4 is 55.9 Å². The summed E-state index contributed by atoms with van der Waals surface area (Å²) in [4.78, 5) is 2.06. The number of nitrogens with one attached hydrogen (secondary N) is 1. The van der Waals surface area contributed by atoms with Gasteiger partial charge < -0.3 is 10.9 Å². The van der Waals surface area contributed by atoms with Gasteiger partial charge >= 0.3 is 18.9 Å². The number of unbranched alkanes of at least 4 members (excludes halogenated alkanes) is 1. The zero-order chi connectivity index (χ0) is 23.8. The molecule has 0 bridgehead atoms. The van der Waals surface area contributed by atoms with Crippen molar-refractivity contribution in [3.8, 4) is 0 Å². The van der Waals surface area contributed by atoms with Crippen LogP contribution in [0.15, 0.2) is 47.2 Å². The van der Waals surface area contributed by atoms with Crippen molar-refractivity contribution in [3.05, 3.63) is 72.1 Å². The SMILES string of the molecule is CCCCC1C=CC=C[C@@]1(CS([NH-])(=O)=O)c1sccc1Cl.CC[C@@H](N)Cc1sccc1Cl.[Li+]. The maximum atomic E-state index is 11.7. The molecule has 33 heavy (non-hydrogen) atoms. The molecule has 178 valence electrons. The van der Waals surface area contributed by atoms with Gasteiger partial charge in [0, 0.05) is 27.0 Å². The molecule has 1 aliphatic carbocycles. The number of nitrogens with two attached hydrogens (primary N) is 1. The van der Waals surface area contributed by atoms with E-state index in [1.807, 2.05) is 35.1 Å². The summed E-state index contributed by atoms with van der Waals surface area (Å²) in [5, 5.41) is 12.7. The second-order valence-electron chi connectivity index (χ2n) is 7.95. The molecule has 0 fully saturated rings. The molecule has 0 saturated heterocycles. The predicted octanol–water partition coefficient (Wildman–Crippen LogP) is 4.64. The first-order valence-electron chi connectivity index (χ1n) is 10.7. The maximum Gasteiger partial charge on any atom is 1.00 e. The summed E-state index contributed by atoms with van der Waals surface area (Å²) in [7, 11) is -3.87. The monoisotopic (exact) mass is 540 g/mol. The van der Waals surface area contributed by atoms with Gasteiger partial charge in [0.15, 0.2) is 0 Å². The fourth-order valence-corrected chi connectivity index (χ4v) is 7.62. The summed E-state index contributed by atoms with van der Waals surface area (Å²) in [6.07, 6.45) is 12.7. The zero-order valence-electron chi connectivity index (χ0n) is 19.4. The number of hydrogen-bond acceptors (Lipinski definition) is 5. The maximum absolute atomic E-state index is 11.7. The van der Waals surface area contributed by atoms with Crippen molar-refractivity contribution in [1.29, 1.82) is 0 Å². The average molecular weight is 542 g/mol. The van der Waals surface area contributed by atoms with Crippen LogP contribution in [-0.4, -0.2) is 20.2 Å². The molecule has 0 aliphatic heterocycles. The van der Waals surface area contributed by atoms with E-state index in [1.165, 1.54) is 16.2 Å². The Morgan fingerprint density at radius 2 is 1.82 bits per heavy atom. The third kappa shape index (κ3) is 9.14. The molecule has 3 rings (SSSR count). The first-order valence-corrected chi connectivity index (χ1v) is 14.8. The molecule has 0 radical (unpaired) electrons. The molecule has 3 N–H and O–H groups in total. The summed E-state index contributed by atoms with van der Waals surface area (Å²) >= 11 is 15.3. The molecule has 1 unspecified atom stereocenters. The quantitative estimate of drug-likeness (QED) is 0.470. The van der Waals surface area contributed by atoms with E-state index in [2.05, 4.69) is 19.9 Å². The zero-order valence-corrected chi connectivity index (χ0v) is 23.4. The smallest absolute Gasteiger partial charge is 0.564 e. The van der Waals surface area contributed by atoms with Crippen LogP contribution < -0.4 is 24.6 Å². The van der Waals surface area contributed by atoms with Crippen LogP contribution in [0, 0.1) is 5.92 Å². The fourth-order valence-electron chi connectivity index (χ4n) is 3.76. The van der Waals surface area contributed by atoms with Gasteiger partial charge in [-0.25, -0.2) is 8.42 Å². The third-order valence-electron chi connectivity index (χ3n) is 5.51. The van der Waals surface area contributed by atoms with Gasteiger partial charge in [0.2, 0.25) is 0 Å². The number of rotatable bonds is 9. The topological polar surface area (TPSA) is 84.0 Å². The summed E-state index contributed by atoms with van der Waals surface area (Å²) in [5.41, 5.74) is 5.07. The van der Waals surface area contributed by atoms with Crippen LogP contribution in [0.1, 0.15) is 49.3 Å². The number of allylic oxidation sites excluding steroid dienone is 4. The molecule has 3 atom stereocenters. The fraction of sp³-hybridized carbons (Fsp3) is 0.478. The van der Waals surface area contributed by atoms with E-state index in [-0.39, 0.29) is 36.6 Å². The van der Waals surface area contributed by atoms with Gasteiger partial charge in [-0.2, -0.15) is 0 Å². The Kier molecular flexibility index (Phi) is 13.6. The van der Waals surface area contributed by atoms with Crippen LogP contribution >= 0.6 is 45.9 Å². The molecule has 10 heteroatoms. The molecule has 2 aromatic rings. The van der Waals surface area contributed by atoms with Gasteiger partial charge in [0.05, 0.1) is 20.1 Å². The van der Waals surface area contributed by atoms with Crippen LogP contribution in [0.3, 0.4) is 0 Å². The van der Waals surface area contributed by atoms with E-state index < -0.39 is 15.4 Å². The minimum Gasteiger partial charge on any atom is -0.564 e. The Bertz CT molecular complexity index is 1020. The minimum absolute atomic E-state index is 0. The first-order chi connectivity index (χ1) is 15.1. The molecule has 2 aromatic heterocycles. The van der Waals surface area contributed by atoms with E-state index in [0.29, 0.717) is 5.02 Å². The van der Waals surface area contributed by atoms with E-state index in [4.69, 9.17) is 34.1 Å². The Hall–Kier alpha value is -0.0726. The Morgan fingerprint density at radius 1 is 1.15 bits per heavy atom. The van der Waals surface area contributed by atoms with Crippen molar-refractivity contribution in [2.45, 2.75) is 57.4 Å². The summed E-state index contributed by atoms with van der Waals surface area (Å²) in [5.74, 6) is -0.172. The molecule has 2 heterocycles. The summed E-state index contributed by atoms with van der Waals surface area (Å²) in [6.45, 7) is 4.20. The van der Waals surface area contributed by atoms with Gasteiger partial charge in [-0.1, -0.05) is 74.2 Å².